The normalized spacial score (nSPS) is 31.2. The van der Waals surface area contributed by atoms with E-state index in [9.17, 15) is 9.18 Å². The molecular formula is C17H21BrFNO2. The molecule has 5 heteroatoms. The Bertz CT molecular complexity index is 553. The summed E-state index contributed by atoms with van der Waals surface area (Å²) >= 11 is 3.51. The van der Waals surface area contributed by atoms with Crippen molar-refractivity contribution in [2.45, 2.75) is 37.3 Å². The predicted octanol–water partition coefficient (Wildman–Crippen LogP) is 3.53. The summed E-state index contributed by atoms with van der Waals surface area (Å²) in [6, 6.07) is 8.89. The fourth-order valence-electron chi connectivity index (χ4n) is 4.10. The Morgan fingerprint density at radius 1 is 1.45 bits per heavy atom. The molecule has 2 heterocycles. The lowest BCUT2D eigenvalue weighted by Crippen LogP contribution is -2.49. The van der Waals surface area contributed by atoms with Crippen molar-refractivity contribution in [2.24, 2.45) is 5.92 Å². The van der Waals surface area contributed by atoms with Crippen molar-refractivity contribution in [1.29, 1.82) is 0 Å². The summed E-state index contributed by atoms with van der Waals surface area (Å²) in [6.45, 7) is -0.760. The van der Waals surface area contributed by atoms with Gasteiger partial charge in [-0.15, -0.1) is 0 Å². The molecular weight excluding hydrogens is 349 g/mol. The fourth-order valence-corrected chi connectivity index (χ4v) is 4.52. The van der Waals surface area contributed by atoms with Gasteiger partial charge in [0.25, 0.3) is 0 Å². The van der Waals surface area contributed by atoms with Crippen molar-refractivity contribution in [3.8, 4) is 0 Å². The first-order chi connectivity index (χ1) is 10.6. The minimum Gasteiger partial charge on any atom is -0.463 e. The molecule has 0 amide bonds. The second-order valence-electron chi connectivity index (χ2n) is 6.24. The summed E-state index contributed by atoms with van der Waals surface area (Å²) in [7, 11) is 2.09. The maximum atomic E-state index is 12.5. The monoisotopic (exact) mass is 369 g/mol. The van der Waals surface area contributed by atoms with E-state index in [2.05, 4.69) is 40.0 Å². The second-order valence-corrected chi connectivity index (χ2v) is 7.16. The van der Waals surface area contributed by atoms with Gasteiger partial charge in [-0.2, -0.15) is 0 Å². The highest BCUT2D eigenvalue weighted by Crippen LogP contribution is 2.46. The number of hydrogen-bond donors (Lipinski definition) is 0. The van der Waals surface area contributed by atoms with E-state index >= 15 is 0 Å². The number of piperidine rings is 1. The van der Waals surface area contributed by atoms with Crippen molar-refractivity contribution < 1.29 is 13.9 Å². The minimum atomic E-state index is -0.622. The van der Waals surface area contributed by atoms with Crippen molar-refractivity contribution in [2.75, 3.05) is 20.3 Å². The zero-order valence-electron chi connectivity index (χ0n) is 12.7. The van der Waals surface area contributed by atoms with Gasteiger partial charge < -0.3 is 4.74 Å². The molecule has 2 fully saturated rings. The van der Waals surface area contributed by atoms with E-state index in [0.29, 0.717) is 6.04 Å². The molecule has 2 saturated heterocycles. The smallest absolute Gasteiger partial charge is 0.311 e. The number of halogens is 2. The van der Waals surface area contributed by atoms with Gasteiger partial charge in [0.2, 0.25) is 0 Å². The van der Waals surface area contributed by atoms with Crippen LogP contribution in [0, 0.1) is 5.92 Å². The zero-order valence-corrected chi connectivity index (χ0v) is 14.3. The zero-order chi connectivity index (χ0) is 15.7. The van der Waals surface area contributed by atoms with Gasteiger partial charge in [0, 0.05) is 22.5 Å². The molecule has 0 spiro atoms. The number of carbonyl (C=O) groups excluding carboxylic acids is 1. The largest absolute Gasteiger partial charge is 0.463 e. The minimum absolute atomic E-state index is 0.138. The van der Waals surface area contributed by atoms with Crippen molar-refractivity contribution in [1.82, 2.24) is 4.90 Å². The summed E-state index contributed by atoms with van der Waals surface area (Å²) < 4.78 is 18.5. The predicted molar refractivity (Wildman–Crippen MR) is 86.5 cm³/mol. The number of fused-ring (bicyclic) bond motifs is 2. The van der Waals surface area contributed by atoms with Crippen LogP contribution in [0.3, 0.4) is 0 Å². The molecule has 1 aromatic rings. The molecule has 2 aliphatic heterocycles. The Morgan fingerprint density at radius 3 is 3.00 bits per heavy atom. The molecule has 2 bridgehead atoms. The number of benzene rings is 1. The van der Waals surface area contributed by atoms with Crippen LogP contribution in [0.4, 0.5) is 4.39 Å². The highest BCUT2D eigenvalue weighted by Gasteiger charge is 2.49. The second kappa shape index (κ2) is 6.67. The standard InChI is InChI=1S/C17H21BrFNO2/c1-20-13-5-6-15(20)16(17(21)22-8-7-19)14(10-13)11-3-2-4-12(18)9-11/h2-4,9,13-16H,5-8,10H2,1H3/t13-,14+,15+,16-/m0/s1. The summed E-state index contributed by atoms with van der Waals surface area (Å²) in [6.07, 6.45) is 3.10. The van der Waals surface area contributed by atoms with E-state index in [1.54, 1.807) is 0 Å². The molecule has 22 heavy (non-hydrogen) atoms. The molecule has 3 nitrogen and oxygen atoms in total. The highest BCUT2D eigenvalue weighted by molar-refractivity contribution is 9.10. The third kappa shape index (κ3) is 2.93. The molecule has 0 aliphatic carbocycles. The van der Waals surface area contributed by atoms with Crippen molar-refractivity contribution in [3.63, 3.8) is 0 Å². The fraction of sp³-hybridized carbons (Fsp3) is 0.588. The topological polar surface area (TPSA) is 29.5 Å². The summed E-state index contributed by atoms with van der Waals surface area (Å²) in [5, 5.41) is 0. The molecule has 0 unspecified atom stereocenters. The molecule has 0 saturated carbocycles. The van der Waals surface area contributed by atoms with Gasteiger partial charge in [0.1, 0.15) is 13.3 Å². The number of carbonyl (C=O) groups is 1. The van der Waals surface area contributed by atoms with Crippen LogP contribution in [0.15, 0.2) is 28.7 Å². The maximum absolute atomic E-state index is 12.5. The molecule has 0 aromatic heterocycles. The van der Waals surface area contributed by atoms with Crippen LogP contribution in [0.2, 0.25) is 0 Å². The number of nitrogens with zero attached hydrogens (tertiary/aromatic N) is 1. The third-order valence-electron chi connectivity index (χ3n) is 5.14. The van der Waals surface area contributed by atoms with Gasteiger partial charge in [-0.25, -0.2) is 4.39 Å². The van der Waals surface area contributed by atoms with Crippen LogP contribution in [-0.4, -0.2) is 43.3 Å². The Labute approximate surface area is 139 Å². The van der Waals surface area contributed by atoms with Gasteiger partial charge >= 0.3 is 5.97 Å². The summed E-state index contributed by atoms with van der Waals surface area (Å²) in [5.41, 5.74) is 1.17. The lowest BCUT2D eigenvalue weighted by Gasteiger charge is -2.42. The maximum Gasteiger partial charge on any atom is 0.311 e. The van der Waals surface area contributed by atoms with Crippen LogP contribution in [0.5, 0.6) is 0 Å². The van der Waals surface area contributed by atoms with E-state index in [1.165, 1.54) is 5.56 Å². The first-order valence-electron chi connectivity index (χ1n) is 7.82. The lowest BCUT2D eigenvalue weighted by molar-refractivity contribution is -0.153. The third-order valence-corrected chi connectivity index (χ3v) is 5.63. The molecule has 120 valence electrons. The molecule has 0 N–H and O–H groups in total. The highest BCUT2D eigenvalue weighted by atomic mass is 79.9. The van der Waals surface area contributed by atoms with E-state index in [-0.39, 0.29) is 30.5 Å². The Kier molecular flexibility index (Phi) is 4.83. The van der Waals surface area contributed by atoms with Gasteiger partial charge in [-0.3, -0.25) is 9.69 Å². The van der Waals surface area contributed by atoms with Crippen LogP contribution in [-0.2, 0) is 9.53 Å². The van der Waals surface area contributed by atoms with Crippen LogP contribution >= 0.6 is 15.9 Å². The number of esters is 1. The number of ether oxygens (including phenoxy) is 1. The van der Waals surface area contributed by atoms with Crippen LogP contribution in [0.1, 0.15) is 30.7 Å². The van der Waals surface area contributed by atoms with E-state index in [0.717, 1.165) is 23.7 Å². The number of hydrogen-bond acceptors (Lipinski definition) is 3. The molecule has 3 rings (SSSR count). The average Bonchev–Trinajstić information content (AvgIpc) is 2.74. The SMILES string of the molecule is CN1[C@H]2CC[C@@H]1[C@@H](C(=O)OCCF)[C@@H](c1cccc(Br)c1)C2. The van der Waals surface area contributed by atoms with E-state index in [1.807, 2.05) is 12.1 Å². The van der Waals surface area contributed by atoms with Gasteiger partial charge in [-0.1, -0.05) is 28.1 Å². The average molecular weight is 370 g/mol. The van der Waals surface area contributed by atoms with Gasteiger partial charge in [0.05, 0.1) is 5.92 Å². The number of alkyl halides is 1. The first kappa shape index (κ1) is 15.9. The lowest BCUT2D eigenvalue weighted by atomic mass is 9.76. The Hall–Kier alpha value is -0.940. The van der Waals surface area contributed by atoms with E-state index < -0.39 is 6.67 Å². The van der Waals surface area contributed by atoms with Crippen molar-refractivity contribution in [3.05, 3.63) is 34.3 Å². The molecule has 1 aromatic carbocycles. The van der Waals surface area contributed by atoms with E-state index in [4.69, 9.17) is 4.74 Å². The molecule has 0 radical (unpaired) electrons. The first-order valence-corrected chi connectivity index (χ1v) is 8.61. The Morgan fingerprint density at radius 2 is 2.27 bits per heavy atom. The van der Waals surface area contributed by atoms with Crippen LogP contribution in [0.25, 0.3) is 0 Å². The van der Waals surface area contributed by atoms with Gasteiger partial charge in [-0.05, 0) is 44.0 Å². The molecule has 2 aliphatic rings. The quantitative estimate of drug-likeness (QED) is 0.760. The number of rotatable bonds is 4. The van der Waals surface area contributed by atoms with Crippen LogP contribution < -0.4 is 0 Å². The summed E-state index contributed by atoms with van der Waals surface area (Å²) in [5.74, 6) is -0.303. The molecule has 4 atom stereocenters. The summed E-state index contributed by atoms with van der Waals surface area (Å²) in [4.78, 5) is 14.8. The Balaban J connectivity index is 1.90. The van der Waals surface area contributed by atoms with Crippen molar-refractivity contribution >= 4 is 21.9 Å². The van der Waals surface area contributed by atoms with Gasteiger partial charge in [0.15, 0.2) is 0 Å².